The lowest BCUT2D eigenvalue weighted by molar-refractivity contribution is -0.131. The maximum atomic E-state index is 12.7. The van der Waals surface area contributed by atoms with Crippen LogP contribution >= 0.6 is 11.3 Å². The third-order valence-electron chi connectivity index (χ3n) is 5.27. The van der Waals surface area contributed by atoms with Crippen LogP contribution in [-0.4, -0.2) is 46.9 Å². The van der Waals surface area contributed by atoms with E-state index in [1.54, 1.807) is 11.3 Å². The fourth-order valence-electron chi connectivity index (χ4n) is 3.50. The normalized spacial score (nSPS) is 16.2. The molecule has 2 aromatic rings. The third kappa shape index (κ3) is 5.89. The zero-order valence-corrected chi connectivity index (χ0v) is 18.5. The van der Waals surface area contributed by atoms with E-state index in [2.05, 4.69) is 67.1 Å². The van der Waals surface area contributed by atoms with E-state index in [1.807, 2.05) is 0 Å². The van der Waals surface area contributed by atoms with Crippen LogP contribution < -0.4 is 0 Å². The Hall–Kier alpha value is -1.72. The van der Waals surface area contributed by atoms with E-state index in [9.17, 15) is 4.79 Å². The predicted molar refractivity (Wildman–Crippen MR) is 117 cm³/mol. The van der Waals surface area contributed by atoms with Crippen LogP contribution in [-0.2, 0) is 23.2 Å². The second-order valence-electron chi connectivity index (χ2n) is 8.89. The molecule has 0 bridgehead atoms. The lowest BCUT2D eigenvalue weighted by atomic mass is 9.98. The molecule has 1 aliphatic rings. The maximum Gasteiger partial charge on any atom is 0.222 e. The lowest BCUT2D eigenvalue weighted by Crippen LogP contribution is -2.35. The van der Waals surface area contributed by atoms with Crippen LogP contribution in [0.15, 0.2) is 29.6 Å². The van der Waals surface area contributed by atoms with E-state index in [0.29, 0.717) is 6.42 Å². The molecule has 2 heterocycles. The molecular weight excluding hydrogens is 366 g/mol. The van der Waals surface area contributed by atoms with Gasteiger partial charge < -0.3 is 4.90 Å². The largest absolute Gasteiger partial charge is 0.341 e. The number of aryl methyl sites for hydroxylation is 2. The minimum atomic E-state index is 0.113. The van der Waals surface area contributed by atoms with Crippen LogP contribution in [0.5, 0.6) is 0 Å². The van der Waals surface area contributed by atoms with Crippen LogP contribution in [0.3, 0.4) is 0 Å². The molecule has 0 atom stereocenters. The van der Waals surface area contributed by atoms with Gasteiger partial charge in [0.1, 0.15) is 0 Å². The molecule has 0 spiro atoms. The summed E-state index contributed by atoms with van der Waals surface area (Å²) in [5.41, 5.74) is 3.78. The van der Waals surface area contributed by atoms with E-state index >= 15 is 0 Å². The van der Waals surface area contributed by atoms with E-state index in [0.717, 1.165) is 51.3 Å². The Bertz CT molecular complexity index is 776. The molecule has 0 aliphatic carbocycles. The van der Waals surface area contributed by atoms with Gasteiger partial charge in [-0.1, -0.05) is 50.6 Å². The Morgan fingerprint density at radius 3 is 2.54 bits per heavy atom. The highest BCUT2D eigenvalue weighted by molar-refractivity contribution is 7.09. The third-order valence-corrected chi connectivity index (χ3v) is 6.59. The van der Waals surface area contributed by atoms with Crippen LogP contribution in [0.25, 0.3) is 0 Å². The van der Waals surface area contributed by atoms with E-state index in [4.69, 9.17) is 4.98 Å². The summed E-state index contributed by atoms with van der Waals surface area (Å²) in [4.78, 5) is 22.0. The van der Waals surface area contributed by atoms with Crippen LogP contribution in [0.4, 0.5) is 0 Å². The number of benzene rings is 1. The first kappa shape index (κ1) is 21.0. The van der Waals surface area contributed by atoms with Crippen molar-refractivity contribution in [3.05, 3.63) is 51.5 Å². The molecule has 4 nitrogen and oxygen atoms in total. The van der Waals surface area contributed by atoms with Crippen molar-refractivity contribution in [3.63, 3.8) is 0 Å². The summed E-state index contributed by atoms with van der Waals surface area (Å²) in [7, 11) is 0. The Balaban J connectivity index is 1.48. The van der Waals surface area contributed by atoms with Crippen molar-refractivity contribution in [2.75, 3.05) is 26.2 Å². The minimum absolute atomic E-state index is 0.113. The first-order valence-corrected chi connectivity index (χ1v) is 11.2. The summed E-state index contributed by atoms with van der Waals surface area (Å²) in [5, 5.41) is 3.39. The summed E-state index contributed by atoms with van der Waals surface area (Å²) in [6, 6.07) is 8.50. The fourth-order valence-corrected chi connectivity index (χ4v) is 4.39. The van der Waals surface area contributed by atoms with Gasteiger partial charge in [-0.05, 0) is 25.3 Å². The van der Waals surface area contributed by atoms with Gasteiger partial charge in [0.15, 0.2) is 0 Å². The van der Waals surface area contributed by atoms with E-state index in [-0.39, 0.29) is 11.3 Å². The molecule has 0 radical (unpaired) electrons. The number of hydrogen-bond donors (Lipinski definition) is 0. The molecular formula is C23H33N3OS. The SMILES string of the molecule is Cc1ccc(CCC(=O)N2CCCN(Cc3csc(C(C)(C)C)n3)CC2)cc1. The number of aromatic nitrogens is 1. The van der Waals surface area contributed by atoms with Gasteiger partial charge in [0.05, 0.1) is 10.7 Å². The molecule has 0 saturated carbocycles. The van der Waals surface area contributed by atoms with Crippen LogP contribution in [0, 0.1) is 6.92 Å². The highest BCUT2D eigenvalue weighted by atomic mass is 32.1. The van der Waals surface area contributed by atoms with Gasteiger partial charge >= 0.3 is 0 Å². The second-order valence-corrected chi connectivity index (χ2v) is 9.75. The molecule has 0 N–H and O–H groups in total. The molecule has 1 aliphatic heterocycles. The Kier molecular flexibility index (Phi) is 6.89. The van der Waals surface area contributed by atoms with Crippen molar-refractivity contribution in [1.82, 2.24) is 14.8 Å². The van der Waals surface area contributed by atoms with Crippen LogP contribution in [0.1, 0.15) is 55.4 Å². The van der Waals surface area contributed by atoms with Gasteiger partial charge in [0, 0.05) is 49.9 Å². The maximum absolute atomic E-state index is 12.7. The van der Waals surface area contributed by atoms with Crippen molar-refractivity contribution < 1.29 is 4.79 Å². The molecule has 1 aromatic heterocycles. The smallest absolute Gasteiger partial charge is 0.222 e. The van der Waals surface area contributed by atoms with Gasteiger partial charge in [-0.3, -0.25) is 9.69 Å². The fraction of sp³-hybridized carbons (Fsp3) is 0.565. The van der Waals surface area contributed by atoms with Gasteiger partial charge in [-0.2, -0.15) is 0 Å². The number of hydrogen-bond acceptors (Lipinski definition) is 4. The van der Waals surface area contributed by atoms with Gasteiger partial charge in [-0.25, -0.2) is 4.98 Å². The number of nitrogens with zero attached hydrogens (tertiary/aromatic N) is 3. The summed E-state index contributed by atoms with van der Waals surface area (Å²) in [6.07, 6.45) is 2.46. The highest BCUT2D eigenvalue weighted by Gasteiger charge is 2.21. The lowest BCUT2D eigenvalue weighted by Gasteiger charge is -2.21. The van der Waals surface area contributed by atoms with Gasteiger partial charge in [-0.15, -0.1) is 11.3 Å². The first-order chi connectivity index (χ1) is 13.3. The number of rotatable bonds is 5. The molecule has 1 saturated heterocycles. The Morgan fingerprint density at radius 1 is 1.11 bits per heavy atom. The zero-order chi connectivity index (χ0) is 20.1. The second kappa shape index (κ2) is 9.19. The number of carbonyl (C=O) groups excluding carboxylic acids is 1. The average Bonchev–Trinajstić information content (AvgIpc) is 3.00. The number of thiazole rings is 1. The first-order valence-electron chi connectivity index (χ1n) is 10.3. The van der Waals surface area contributed by atoms with Crippen molar-refractivity contribution in [1.29, 1.82) is 0 Å². The highest BCUT2D eigenvalue weighted by Crippen LogP contribution is 2.26. The quantitative estimate of drug-likeness (QED) is 0.747. The molecule has 1 aromatic carbocycles. The molecule has 5 heteroatoms. The number of amides is 1. The minimum Gasteiger partial charge on any atom is -0.341 e. The molecule has 1 fully saturated rings. The molecule has 0 unspecified atom stereocenters. The van der Waals surface area contributed by atoms with Crippen molar-refractivity contribution in [3.8, 4) is 0 Å². The molecule has 152 valence electrons. The summed E-state index contributed by atoms with van der Waals surface area (Å²) < 4.78 is 0. The topological polar surface area (TPSA) is 36.4 Å². The average molecular weight is 400 g/mol. The summed E-state index contributed by atoms with van der Waals surface area (Å²) in [6.45, 7) is 13.3. The van der Waals surface area contributed by atoms with E-state index in [1.165, 1.54) is 16.1 Å². The monoisotopic (exact) mass is 399 g/mol. The van der Waals surface area contributed by atoms with E-state index < -0.39 is 0 Å². The van der Waals surface area contributed by atoms with Crippen molar-refractivity contribution in [2.45, 2.75) is 58.9 Å². The van der Waals surface area contributed by atoms with Crippen molar-refractivity contribution >= 4 is 17.2 Å². The zero-order valence-electron chi connectivity index (χ0n) is 17.7. The Labute approximate surface area is 173 Å². The summed E-state index contributed by atoms with van der Waals surface area (Å²) in [5.74, 6) is 0.283. The predicted octanol–water partition coefficient (Wildman–Crippen LogP) is 4.42. The van der Waals surface area contributed by atoms with Gasteiger partial charge in [0.2, 0.25) is 5.91 Å². The molecule has 28 heavy (non-hydrogen) atoms. The number of carbonyl (C=O) groups is 1. The van der Waals surface area contributed by atoms with Gasteiger partial charge in [0.25, 0.3) is 0 Å². The molecule has 3 rings (SSSR count). The van der Waals surface area contributed by atoms with Crippen LogP contribution in [0.2, 0.25) is 0 Å². The van der Waals surface area contributed by atoms with Crippen molar-refractivity contribution in [2.24, 2.45) is 0 Å². The summed E-state index contributed by atoms with van der Waals surface area (Å²) >= 11 is 1.76. The Morgan fingerprint density at radius 2 is 1.86 bits per heavy atom. The molecule has 1 amide bonds. The standard InChI is InChI=1S/C23H33N3OS/c1-18-6-8-19(9-7-18)10-11-21(27)26-13-5-12-25(14-15-26)16-20-17-28-22(24-20)23(2,3)4/h6-9,17H,5,10-16H2,1-4H3.